The molecular formula is C34H43F2N9O2. The van der Waals surface area contributed by atoms with Gasteiger partial charge in [0.05, 0.1) is 29.1 Å². The van der Waals surface area contributed by atoms with Crippen molar-refractivity contribution < 1.29 is 18.4 Å². The highest BCUT2D eigenvalue weighted by Crippen LogP contribution is 2.36. The minimum Gasteiger partial charge on any atom is -0.396 e. The van der Waals surface area contributed by atoms with Crippen LogP contribution < -0.4 is 11.1 Å². The average molecular weight is 648 g/mol. The molecule has 1 atom stereocenters. The molecule has 2 aliphatic heterocycles. The van der Waals surface area contributed by atoms with Crippen LogP contribution in [0.2, 0.25) is 0 Å². The Balaban J connectivity index is 0.895. The number of piperidine rings is 2. The van der Waals surface area contributed by atoms with E-state index >= 15 is 0 Å². The van der Waals surface area contributed by atoms with Crippen molar-refractivity contribution in [3.63, 3.8) is 0 Å². The number of aryl methyl sites for hydroxylation is 2. The second-order valence-electron chi connectivity index (χ2n) is 13.6. The maximum absolute atomic E-state index is 13.1. The molecule has 47 heavy (non-hydrogen) atoms. The van der Waals surface area contributed by atoms with E-state index in [1.807, 2.05) is 29.9 Å². The van der Waals surface area contributed by atoms with E-state index in [1.165, 1.54) is 12.8 Å². The van der Waals surface area contributed by atoms with Gasteiger partial charge in [-0.1, -0.05) is 12.1 Å². The summed E-state index contributed by atoms with van der Waals surface area (Å²) in [7, 11) is 0. The van der Waals surface area contributed by atoms with Crippen molar-refractivity contribution in [2.45, 2.75) is 89.8 Å². The molecule has 1 saturated carbocycles. The van der Waals surface area contributed by atoms with Crippen molar-refractivity contribution in [3.05, 3.63) is 48.2 Å². The van der Waals surface area contributed by atoms with Crippen LogP contribution in [0, 0.1) is 18.8 Å². The van der Waals surface area contributed by atoms with Crippen LogP contribution in [0.25, 0.3) is 22.0 Å². The van der Waals surface area contributed by atoms with Gasteiger partial charge in [0.15, 0.2) is 5.69 Å². The Labute approximate surface area is 272 Å². The molecule has 3 aliphatic rings. The quantitative estimate of drug-likeness (QED) is 0.232. The number of rotatable bonds is 9. The zero-order valence-corrected chi connectivity index (χ0v) is 26.8. The van der Waals surface area contributed by atoms with Crippen molar-refractivity contribution in [3.8, 4) is 11.1 Å². The number of fused-ring (bicyclic) bond motifs is 1. The van der Waals surface area contributed by atoms with Crippen LogP contribution in [-0.4, -0.2) is 65.7 Å². The molecule has 3 fully saturated rings. The first-order chi connectivity index (χ1) is 22.7. The number of benzene rings is 1. The molecule has 0 bridgehead atoms. The topological polar surface area (TPSA) is 129 Å². The number of halogens is 2. The Morgan fingerprint density at radius 3 is 2.51 bits per heavy atom. The molecule has 5 heterocycles. The van der Waals surface area contributed by atoms with E-state index in [9.17, 15) is 18.4 Å². The second kappa shape index (κ2) is 13.2. The average Bonchev–Trinajstić information content (AvgIpc) is 3.78. The first kappa shape index (κ1) is 31.5. The summed E-state index contributed by atoms with van der Waals surface area (Å²) in [6.07, 6.45) is 11.2. The molecule has 4 aromatic rings. The summed E-state index contributed by atoms with van der Waals surface area (Å²) in [6, 6.07) is 5.70. The van der Waals surface area contributed by atoms with Crippen LogP contribution in [0.5, 0.6) is 0 Å². The molecule has 0 spiro atoms. The number of likely N-dealkylation sites (tertiary alicyclic amines) is 1. The monoisotopic (exact) mass is 647 g/mol. The van der Waals surface area contributed by atoms with Crippen molar-refractivity contribution in [1.82, 2.24) is 39.6 Å². The van der Waals surface area contributed by atoms with Crippen LogP contribution in [0.3, 0.4) is 0 Å². The molecule has 250 valence electrons. The fourth-order valence-electron chi connectivity index (χ4n) is 7.90. The molecule has 13 heteroatoms. The van der Waals surface area contributed by atoms with Gasteiger partial charge in [0, 0.05) is 42.9 Å². The molecule has 3 aromatic heterocycles. The number of carbonyl (C=O) groups excluding carboxylic acids is 2. The highest BCUT2D eigenvalue weighted by molar-refractivity contribution is 6.01. The number of aromatic nitrogens is 6. The minimum atomic E-state index is -2.64. The summed E-state index contributed by atoms with van der Waals surface area (Å²) in [5.74, 6) is 0.768. The minimum absolute atomic E-state index is 0.0856. The van der Waals surface area contributed by atoms with Crippen molar-refractivity contribution in [2.75, 3.05) is 25.4 Å². The largest absolute Gasteiger partial charge is 0.396 e. The van der Waals surface area contributed by atoms with E-state index < -0.39 is 12.5 Å². The third-order valence-electron chi connectivity index (χ3n) is 10.5. The van der Waals surface area contributed by atoms with Gasteiger partial charge in [0.2, 0.25) is 5.91 Å². The standard InChI is InChI=1S/C34H43F2N9O2/c1-21-31-26(3-2-4-28(31)45(40-21)29-9-10-30(46)39-34(29)47)24-17-38-43(19-24)16-13-22-11-14-42(15-12-22)18-23-5-7-25(8-6-23)44-20-27(37)32(41-44)33(35)36/h2-4,17,19-20,22-23,25,29,33H,5-16,18,37H2,1H3,(H,39,46,47). The summed E-state index contributed by atoms with van der Waals surface area (Å²) < 4.78 is 31.7. The molecule has 1 unspecified atom stereocenters. The van der Waals surface area contributed by atoms with E-state index in [4.69, 9.17) is 15.9 Å². The van der Waals surface area contributed by atoms with Crippen molar-refractivity contribution in [1.29, 1.82) is 0 Å². The molecule has 1 aliphatic carbocycles. The van der Waals surface area contributed by atoms with Crippen LogP contribution >= 0.6 is 0 Å². The maximum atomic E-state index is 13.1. The van der Waals surface area contributed by atoms with E-state index in [2.05, 4.69) is 27.6 Å². The molecular weight excluding hydrogens is 604 g/mol. The maximum Gasteiger partial charge on any atom is 0.284 e. The molecule has 2 amide bonds. The normalized spacial score (nSPS) is 23.2. The zero-order valence-electron chi connectivity index (χ0n) is 26.8. The first-order valence-electron chi connectivity index (χ1n) is 16.9. The summed E-state index contributed by atoms with van der Waals surface area (Å²) in [4.78, 5) is 26.9. The molecule has 11 nitrogen and oxygen atoms in total. The summed E-state index contributed by atoms with van der Waals surface area (Å²) in [5, 5.41) is 16.9. The lowest BCUT2D eigenvalue weighted by atomic mass is 9.85. The highest BCUT2D eigenvalue weighted by Gasteiger charge is 2.31. The summed E-state index contributed by atoms with van der Waals surface area (Å²) in [6.45, 7) is 6.16. The smallest absolute Gasteiger partial charge is 0.284 e. The lowest BCUT2D eigenvalue weighted by molar-refractivity contribution is -0.135. The van der Waals surface area contributed by atoms with Gasteiger partial charge >= 0.3 is 0 Å². The van der Waals surface area contributed by atoms with Crippen LogP contribution in [0.4, 0.5) is 14.5 Å². The number of carbonyl (C=O) groups is 2. The highest BCUT2D eigenvalue weighted by atomic mass is 19.3. The molecule has 3 N–H and O–H groups in total. The number of hydrogen-bond donors (Lipinski definition) is 2. The number of nitrogens with zero attached hydrogens (tertiary/aromatic N) is 7. The number of amides is 2. The number of nitrogens with one attached hydrogen (secondary N) is 1. The molecule has 1 aromatic carbocycles. The molecule has 0 radical (unpaired) electrons. The van der Waals surface area contributed by atoms with Gasteiger partial charge in [-0.2, -0.15) is 15.3 Å². The van der Waals surface area contributed by atoms with Crippen LogP contribution in [0.15, 0.2) is 36.8 Å². The van der Waals surface area contributed by atoms with Gasteiger partial charge in [-0.25, -0.2) is 8.78 Å². The predicted molar refractivity (Wildman–Crippen MR) is 173 cm³/mol. The number of alkyl halides is 2. The second-order valence-corrected chi connectivity index (χ2v) is 13.6. The van der Waals surface area contributed by atoms with Gasteiger partial charge in [0.1, 0.15) is 6.04 Å². The fraction of sp³-hybridized carbons (Fsp3) is 0.559. The summed E-state index contributed by atoms with van der Waals surface area (Å²) in [5.41, 5.74) is 9.33. The third kappa shape index (κ3) is 6.54. The van der Waals surface area contributed by atoms with E-state index in [1.54, 1.807) is 15.6 Å². The van der Waals surface area contributed by atoms with E-state index in [-0.39, 0.29) is 29.2 Å². The Morgan fingerprint density at radius 2 is 1.79 bits per heavy atom. The van der Waals surface area contributed by atoms with E-state index in [0.29, 0.717) is 24.7 Å². The lowest BCUT2D eigenvalue weighted by Gasteiger charge is -2.36. The fourth-order valence-corrected chi connectivity index (χ4v) is 7.90. The Hall–Kier alpha value is -4.13. The third-order valence-corrected chi connectivity index (χ3v) is 10.5. The van der Waals surface area contributed by atoms with Gasteiger partial charge in [0.25, 0.3) is 12.3 Å². The van der Waals surface area contributed by atoms with E-state index in [0.717, 1.165) is 86.0 Å². The number of nitrogens with two attached hydrogens (primary N) is 1. The molecule has 2 saturated heterocycles. The van der Waals surface area contributed by atoms with Crippen LogP contribution in [-0.2, 0) is 16.1 Å². The first-order valence-corrected chi connectivity index (χ1v) is 16.9. The van der Waals surface area contributed by atoms with Gasteiger partial charge in [-0.3, -0.25) is 29.0 Å². The SMILES string of the molecule is Cc1nn(C2CCC(=O)NC2=O)c2cccc(-c3cnn(CCC4CCN(CC5CCC(n6cc(N)c(C(F)F)n6)CC5)CC4)c3)c12. The Bertz CT molecular complexity index is 1740. The van der Waals surface area contributed by atoms with Gasteiger partial charge in [-0.15, -0.1) is 0 Å². The number of anilines is 1. The van der Waals surface area contributed by atoms with Crippen LogP contribution in [0.1, 0.15) is 87.7 Å². The van der Waals surface area contributed by atoms with Crippen molar-refractivity contribution in [2.24, 2.45) is 11.8 Å². The Morgan fingerprint density at radius 1 is 1.00 bits per heavy atom. The summed E-state index contributed by atoms with van der Waals surface area (Å²) >= 11 is 0. The van der Waals surface area contributed by atoms with Crippen molar-refractivity contribution >= 4 is 28.4 Å². The lowest BCUT2D eigenvalue weighted by Crippen LogP contribution is -2.42. The zero-order chi connectivity index (χ0) is 32.7. The van der Waals surface area contributed by atoms with Gasteiger partial charge < -0.3 is 10.6 Å². The van der Waals surface area contributed by atoms with Gasteiger partial charge in [-0.05, 0) is 94.8 Å². The Kier molecular flexibility index (Phi) is 8.82. The predicted octanol–water partition coefficient (Wildman–Crippen LogP) is 5.44. The molecule has 7 rings (SSSR count). The number of imide groups is 1. The number of hydrogen-bond acceptors (Lipinski definition) is 7. The number of nitrogen functional groups attached to an aromatic ring is 1.